The normalized spacial score (nSPS) is 18.6. The van der Waals surface area contributed by atoms with Crippen LogP contribution in [0.2, 0.25) is 0 Å². The molecular formula is C13H14N2OS. The molecule has 2 rings (SSSR count). The van der Waals surface area contributed by atoms with Crippen molar-refractivity contribution in [2.75, 3.05) is 12.3 Å². The molecule has 1 aliphatic heterocycles. The predicted octanol–water partition coefficient (Wildman–Crippen LogP) is 2.18. The quantitative estimate of drug-likeness (QED) is 0.889. The van der Waals surface area contributed by atoms with Crippen molar-refractivity contribution in [3.63, 3.8) is 0 Å². The third-order valence-electron chi connectivity index (χ3n) is 2.79. The van der Waals surface area contributed by atoms with Crippen molar-refractivity contribution in [1.29, 1.82) is 5.26 Å². The largest absolute Gasteiger partial charge is 0.351 e. The van der Waals surface area contributed by atoms with E-state index in [9.17, 15) is 4.79 Å². The maximum atomic E-state index is 11.8. The van der Waals surface area contributed by atoms with Crippen molar-refractivity contribution < 1.29 is 4.79 Å². The number of rotatable bonds is 3. The lowest BCUT2D eigenvalue weighted by molar-refractivity contribution is 0.0953. The fraction of sp³-hybridized carbons (Fsp3) is 0.385. The average molecular weight is 246 g/mol. The van der Waals surface area contributed by atoms with Gasteiger partial charge in [-0.2, -0.15) is 17.0 Å². The third-order valence-corrected chi connectivity index (χ3v) is 4.19. The van der Waals surface area contributed by atoms with Crippen LogP contribution in [0, 0.1) is 11.3 Å². The van der Waals surface area contributed by atoms with E-state index in [0.29, 0.717) is 16.4 Å². The minimum Gasteiger partial charge on any atom is -0.351 e. The third kappa shape index (κ3) is 3.24. The van der Waals surface area contributed by atoms with Gasteiger partial charge < -0.3 is 5.32 Å². The molecule has 1 heterocycles. The topological polar surface area (TPSA) is 52.9 Å². The second-order valence-corrected chi connectivity index (χ2v) is 5.44. The van der Waals surface area contributed by atoms with Gasteiger partial charge in [0.15, 0.2) is 0 Å². The monoisotopic (exact) mass is 246 g/mol. The lowest BCUT2D eigenvalue weighted by Crippen LogP contribution is -2.29. The van der Waals surface area contributed by atoms with Gasteiger partial charge in [-0.3, -0.25) is 4.79 Å². The van der Waals surface area contributed by atoms with Crippen LogP contribution in [0.25, 0.3) is 0 Å². The van der Waals surface area contributed by atoms with E-state index in [1.54, 1.807) is 24.3 Å². The summed E-state index contributed by atoms with van der Waals surface area (Å²) in [6.07, 6.45) is 2.44. The molecule has 1 saturated heterocycles. The Labute approximate surface area is 105 Å². The number of nitriles is 1. The predicted molar refractivity (Wildman–Crippen MR) is 69.0 cm³/mol. The fourth-order valence-corrected chi connectivity index (χ4v) is 3.01. The Morgan fingerprint density at radius 3 is 2.82 bits per heavy atom. The number of nitrogens with one attached hydrogen (secondary N) is 1. The fourth-order valence-electron chi connectivity index (χ4n) is 1.81. The summed E-state index contributed by atoms with van der Waals surface area (Å²) < 4.78 is 0. The van der Waals surface area contributed by atoms with Gasteiger partial charge in [-0.1, -0.05) is 0 Å². The Bertz CT molecular complexity index is 430. The molecule has 1 atom stereocenters. The molecule has 1 aromatic carbocycles. The molecule has 4 heteroatoms. The Balaban J connectivity index is 1.88. The van der Waals surface area contributed by atoms with E-state index in [4.69, 9.17) is 5.26 Å². The summed E-state index contributed by atoms with van der Waals surface area (Å²) in [6.45, 7) is 0.740. The zero-order valence-electron chi connectivity index (χ0n) is 9.48. The summed E-state index contributed by atoms with van der Waals surface area (Å²) in [5.41, 5.74) is 1.19. The van der Waals surface area contributed by atoms with Crippen LogP contribution in [0.1, 0.15) is 28.8 Å². The van der Waals surface area contributed by atoms with Gasteiger partial charge in [0.2, 0.25) is 0 Å². The standard InChI is InChI=1S/C13H14N2OS/c14-8-10-3-5-11(6-4-10)13(16)15-9-12-2-1-7-17-12/h3-6,12H,1-2,7,9H2,(H,15,16). The van der Waals surface area contributed by atoms with Crippen molar-refractivity contribution in [3.05, 3.63) is 35.4 Å². The van der Waals surface area contributed by atoms with Crippen molar-refractivity contribution >= 4 is 17.7 Å². The van der Waals surface area contributed by atoms with Crippen LogP contribution in [0.4, 0.5) is 0 Å². The average Bonchev–Trinajstić information content (AvgIpc) is 2.89. The van der Waals surface area contributed by atoms with Crippen LogP contribution < -0.4 is 5.32 Å². The SMILES string of the molecule is N#Cc1ccc(C(=O)NCC2CCCS2)cc1. The lowest BCUT2D eigenvalue weighted by Gasteiger charge is -2.10. The van der Waals surface area contributed by atoms with E-state index in [1.165, 1.54) is 18.6 Å². The first kappa shape index (κ1) is 12.0. The summed E-state index contributed by atoms with van der Waals surface area (Å²) in [6, 6.07) is 8.75. The van der Waals surface area contributed by atoms with Gasteiger partial charge in [0, 0.05) is 17.4 Å². The zero-order chi connectivity index (χ0) is 12.1. The first-order chi connectivity index (χ1) is 8.29. The van der Waals surface area contributed by atoms with Crippen LogP contribution in [0.3, 0.4) is 0 Å². The summed E-state index contributed by atoms with van der Waals surface area (Å²) in [5, 5.41) is 12.2. The Morgan fingerprint density at radius 1 is 1.47 bits per heavy atom. The maximum Gasteiger partial charge on any atom is 0.251 e. The maximum absolute atomic E-state index is 11.8. The molecule has 1 N–H and O–H groups in total. The second kappa shape index (κ2) is 5.74. The number of carbonyl (C=O) groups is 1. The molecule has 0 aliphatic carbocycles. The van der Waals surface area contributed by atoms with E-state index in [0.717, 1.165) is 6.54 Å². The van der Waals surface area contributed by atoms with Gasteiger partial charge in [-0.25, -0.2) is 0 Å². The van der Waals surface area contributed by atoms with E-state index < -0.39 is 0 Å². The summed E-state index contributed by atoms with van der Waals surface area (Å²) in [7, 11) is 0. The highest BCUT2D eigenvalue weighted by molar-refractivity contribution is 8.00. The highest BCUT2D eigenvalue weighted by Gasteiger charge is 2.16. The molecule has 3 nitrogen and oxygen atoms in total. The van der Waals surface area contributed by atoms with Gasteiger partial charge in [0.05, 0.1) is 11.6 Å². The van der Waals surface area contributed by atoms with E-state index in [2.05, 4.69) is 5.32 Å². The molecule has 0 saturated carbocycles. The molecule has 1 aromatic rings. The Morgan fingerprint density at radius 2 is 2.24 bits per heavy atom. The van der Waals surface area contributed by atoms with Gasteiger partial charge in [-0.15, -0.1) is 0 Å². The first-order valence-corrected chi connectivity index (χ1v) is 6.74. The molecule has 0 aromatic heterocycles. The molecule has 1 aliphatic rings. The molecule has 1 amide bonds. The van der Waals surface area contributed by atoms with E-state index in [1.807, 2.05) is 17.8 Å². The zero-order valence-corrected chi connectivity index (χ0v) is 10.3. The number of nitrogens with zero attached hydrogens (tertiary/aromatic N) is 1. The smallest absolute Gasteiger partial charge is 0.251 e. The molecule has 1 unspecified atom stereocenters. The number of carbonyl (C=O) groups excluding carboxylic acids is 1. The minimum absolute atomic E-state index is 0.0537. The molecular weight excluding hydrogens is 232 g/mol. The molecule has 0 bridgehead atoms. The van der Waals surface area contributed by atoms with Gasteiger partial charge in [0.1, 0.15) is 0 Å². The van der Waals surface area contributed by atoms with Gasteiger partial charge in [0.25, 0.3) is 5.91 Å². The molecule has 17 heavy (non-hydrogen) atoms. The molecule has 0 radical (unpaired) electrons. The van der Waals surface area contributed by atoms with Crippen LogP contribution in [0.5, 0.6) is 0 Å². The van der Waals surface area contributed by atoms with E-state index in [-0.39, 0.29) is 5.91 Å². The van der Waals surface area contributed by atoms with Gasteiger partial charge >= 0.3 is 0 Å². The van der Waals surface area contributed by atoms with E-state index >= 15 is 0 Å². The number of hydrogen-bond acceptors (Lipinski definition) is 3. The van der Waals surface area contributed by atoms with Crippen LogP contribution >= 0.6 is 11.8 Å². The Kier molecular flexibility index (Phi) is 4.05. The molecule has 0 spiro atoms. The van der Waals surface area contributed by atoms with Crippen LogP contribution in [-0.4, -0.2) is 23.5 Å². The van der Waals surface area contributed by atoms with Crippen molar-refractivity contribution in [1.82, 2.24) is 5.32 Å². The minimum atomic E-state index is -0.0537. The van der Waals surface area contributed by atoms with Crippen LogP contribution in [-0.2, 0) is 0 Å². The van der Waals surface area contributed by atoms with Crippen molar-refractivity contribution in [2.24, 2.45) is 0 Å². The highest BCUT2D eigenvalue weighted by atomic mass is 32.2. The second-order valence-electron chi connectivity index (χ2n) is 4.03. The Hall–Kier alpha value is -1.47. The van der Waals surface area contributed by atoms with Gasteiger partial charge in [-0.05, 0) is 42.9 Å². The highest BCUT2D eigenvalue weighted by Crippen LogP contribution is 2.25. The lowest BCUT2D eigenvalue weighted by atomic mass is 10.1. The first-order valence-electron chi connectivity index (χ1n) is 5.69. The van der Waals surface area contributed by atoms with Crippen molar-refractivity contribution in [3.8, 4) is 6.07 Å². The summed E-state index contributed by atoms with van der Waals surface area (Å²) in [5.74, 6) is 1.15. The number of thioether (sulfide) groups is 1. The van der Waals surface area contributed by atoms with Crippen molar-refractivity contribution in [2.45, 2.75) is 18.1 Å². The molecule has 1 fully saturated rings. The number of hydrogen-bond donors (Lipinski definition) is 1. The summed E-state index contributed by atoms with van der Waals surface area (Å²) in [4.78, 5) is 11.8. The summed E-state index contributed by atoms with van der Waals surface area (Å²) >= 11 is 1.93. The number of benzene rings is 1. The number of amides is 1. The van der Waals surface area contributed by atoms with Crippen LogP contribution in [0.15, 0.2) is 24.3 Å². The molecule has 88 valence electrons.